The minimum atomic E-state index is -1.01. The normalized spacial score (nSPS) is 9.35. The number of carbonyl (C=O) groups excluding carboxylic acids is 1. The van der Waals surface area contributed by atoms with E-state index in [9.17, 15) is 13.6 Å². The summed E-state index contributed by atoms with van der Waals surface area (Å²) in [5.41, 5.74) is 0.419. The molecule has 0 N–H and O–H groups in total. The zero-order valence-electron chi connectivity index (χ0n) is 10.2. The summed E-state index contributed by atoms with van der Waals surface area (Å²) >= 11 is 3.10. The molecule has 5 heteroatoms. The molecule has 0 unspecified atom stereocenters. The van der Waals surface area contributed by atoms with Crippen LogP contribution in [-0.4, -0.2) is 13.1 Å². The minimum absolute atomic E-state index is 0.0312. The van der Waals surface area contributed by atoms with Crippen molar-refractivity contribution < 1.29 is 18.3 Å². The van der Waals surface area contributed by atoms with Crippen LogP contribution in [0.5, 0.6) is 0 Å². The monoisotopic (exact) mass is 308 g/mol. The number of benzene rings is 1. The van der Waals surface area contributed by atoms with Crippen LogP contribution in [0.2, 0.25) is 0 Å². The van der Waals surface area contributed by atoms with E-state index in [-0.39, 0.29) is 16.5 Å². The van der Waals surface area contributed by atoms with E-state index < -0.39 is 17.6 Å². The quantitative estimate of drug-likeness (QED) is 0.610. The average Bonchev–Trinajstić information content (AvgIpc) is 2.37. The number of methoxy groups -OCH3 is 1. The van der Waals surface area contributed by atoms with E-state index in [1.807, 2.05) is 13.8 Å². The Kier molecular flexibility index (Phi) is 6.95. The molecule has 96 valence electrons. The van der Waals surface area contributed by atoms with Crippen LogP contribution in [0.3, 0.4) is 0 Å². The molecule has 1 aromatic rings. The number of hydrogen-bond acceptors (Lipinski definition) is 2. The Labute approximate surface area is 108 Å². The molecule has 0 aliphatic heterocycles. The van der Waals surface area contributed by atoms with Gasteiger partial charge in [-0.1, -0.05) is 29.8 Å². The smallest absolute Gasteiger partial charge is 0.338 e. The van der Waals surface area contributed by atoms with Crippen molar-refractivity contribution in [3.05, 3.63) is 34.4 Å². The summed E-state index contributed by atoms with van der Waals surface area (Å²) < 4.78 is 30.7. The van der Waals surface area contributed by atoms with Gasteiger partial charge in [0.05, 0.1) is 12.7 Å². The van der Waals surface area contributed by atoms with Crippen molar-refractivity contribution in [2.45, 2.75) is 26.1 Å². The third-order valence-electron chi connectivity index (χ3n) is 2.07. The molecular formula is C12H15BrF2O2. The van der Waals surface area contributed by atoms with Crippen LogP contribution in [0, 0.1) is 18.6 Å². The van der Waals surface area contributed by atoms with Crippen molar-refractivity contribution >= 4 is 21.9 Å². The van der Waals surface area contributed by atoms with Crippen LogP contribution in [0.4, 0.5) is 8.78 Å². The predicted molar refractivity (Wildman–Crippen MR) is 66.4 cm³/mol. The molecule has 0 aliphatic rings. The Hall–Kier alpha value is -0.970. The Bertz CT molecular complexity index is 406. The molecule has 2 nitrogen and oxygen atoms in total. The predicted octanol–water partition coefficient (Wildman–Crippen LogP) is 3.98. The zero-order valence-corrected chi connectivity index (χ0v) is 11.8. The highest BCUT2D eigenvalue weighted by Gasteiger charge is 2.20. The summed E-state index contributed by atoms with van der Waals surface area (Å²) in [4.78, 5) is 11.3. The fourth-order valence-corrected chi connectivity index (χ4v) is 1.75. The van der Waals surface area contributed by atoms with Crippen molar-refractivity contribution in [2.24, 2.45) is 0 Å². The largest absolute Gasteiger partial charge is 0.465 e. The van der Waals surface area contributed by atoms with Crippen molar-refractivity contribution in [2.75, 3.05) is 7.11 Å². The summed E-state index contributed by atoms with van der Waals surface area (Å²) in [6, 6.07) is 0.989. The van der Waals surface area contributed by atoms with Gasteiger partial charge in [-0.3, -0.25) is 0 Å². The molecule has 0 aliphatic carbocycles. The summed E-state index contributed by atoms with van der Waals surface area (Å²) in [5.74, 6) is -2.64. The molecule has 0 heterocycles. The molecule has 0 saturated carbocycles. The molecule has 0 fully saturated rings. The van der Waals surface area contributed by atoms with Crippen molar-refractivity contribution in [1.29, 1.82) is 0 Å². The van der Waals surface area contributed by atoms with E-state index in [1.54, 1.807) is 0 Å². The van der Waals surface area contributed by atoms with Crippen LogP contribution < -0.4 is 0 Å². The van der Waals surface area contributed by atoms with Gasteiger partial charge in [0.2, 0.25) is 0 Å². The Morgan fingerprint density at radius 1 is 1.41 bits per heavy atom. The second-order valence-electron chi connectivity index (χ2n) is 2.96. The molecule has 0 amide bonds. The van der Waals surface area contributed by atoms with E-state index in [0.29, 0.717) is 5.56 Å². The van der Waals surface area contributed by atoms with Crippen molar-refractivity contribution in [1.82, 2.24) is 0 Å². The third-order valence-corrected chi connectivity index (χ3v) is 2.67. The lowest BCUT2D eigenvalue weighted by Crippen LogP contribution is -2.10. The summed E-state index contributed by atoms with van der Waals surface area (Å²) in [5, 5.41) is 0.259. The molecule has 0 bridgehead atoms. The fourth-order valence-electron chi connectivity index (χ4n) is 1.31. The maximum absolute atomic E-state index is 13.2. The van der Waals surface area contributed by atoms with Gasteiger partial charge < -0.3 is 4.74 Å². The number of halogens is 3. The third kappa shape index (κ3) is 3.49. The maximum Gasteiger partial charge on any atom is 0.338 e. The average molecular weight is 309 g/mol. The molecule has 0 saturated heterocycles. The lowest BCUT2D eigenvalue weighted by Gasteiger charge is -2.10. The Morgan fingerprint density at radius 2 is 1.94 bits per heavy atom. The first-order valence-electron chi connectivity index (χ1n) is 5.14. The van der Waals surface area contributed by atoms with Gasteiger partial charge in [0.1, 0.15) is 0 Å². The molecule has 1 rings (SSSR count). The topological polar surface area (TPSA) is 26.3 Å². The summed E-state index contributed by atoms with van der Waals surface area (Å²) in [6.07, 6.45) is 0. The van der Waals surface area contributed by atoms with E-state index >= 15 is 0 Å². The van der Waals surface area contributed by atoms with Gasteiger partial charge in [-0.2, -0.15) is 0 Å². The van der Waals surface area contributed by atoms with Gasteiger partial charge in [-0.25, -0.2) is 13.6 Å². The standard InChI is InChI=1S/C10H9BrF2O2.C2H6/c1-5-8(10(14)15-2)6(4-11)3-7(12)9(5)13;1-2/h3H,4H2,1-2H3;1-2H3. The highest BCUT2D eigenvalue weighted by Crippen LogP contribution is 2.23. The number of hydrogen-bond donors (Lipinski definition) is 0. The summed E-state index contributed by atoms with van der Waals surface area (Å²) in [7, 11) is 1.20. The van der Waals surface area contributed by atoms with Crippen molar-refractivity contribution in [3.8, 4) is 0 Å². The molecule has 0 spiro atoms. The molecule has 1 aromatic carbocycles. The van der Waals surface area contributed by atoms with E-state index in [1.165, 1.54) is 14.0 Å². The molecule has 0 aromatic heterocycles. The zero-order chi connectivity index (χ0) is 13.6. The van der Waals surface area contributed by atoms with Crippen LogP contribution in [0.1, 0.15) is 35.3 Å². The number of carbonyl (C=O) groups is 1. The number of alkyl halides is 1. The molecule has 0 atom stereocenters. The second-order valence-corrected chi connectivity index (χ2v) is 3.52. The molecule has 17 heavy (non-hydrogen) atoms. The first-order valence-corrected chi connectivity index (χ1v) is 6.26. The maximum atomic E-state index is 13.2. The van der Waals surface area contributed by atoms with E-state index in [2.05, 4.69) is 20.7 Å². The summed E-state index contributed by atoms with van der Waals surface area (Å²) in [6.45, 7) is 5.34. The van der Waals surface area contributed by atoms with Crippen LogP contribution >= 0.6 is 15.9 Å². The Balaban J connectivity index is 0.00000121. The van der Waals surface area contributed by atoms with Gasteiger partial charge >= 0.3 is 5.97 Å². The lowest BCUT2D eigenvalue weighted by molar-refractivity contribution is 0.0598. The second kappa shape index (κ2) is 7.37. The highest BCUT2D eigenvalue weighted by atomic mass is 79.9. The Morgan fingerprint density at radius 3 is 2.35 bits per heavy atom. The minimum Gasteiger partial charge on any atom is -0.465 e. The van der Waals surface area contributed by atoms with Crippen LogP contribution in [-0.2, 0) is 10.1 Å². The van der Waals surface area contributed by atoms with Gasteiger partial charge in [-0.05, 0) is 18.6 Å². The lowest BCUT2D eigenvalue weighted by atomic mass is 10.0. The van der Waals surface area contributed by atoms with Crippen molar-refractivity contribution in [3.63, 3.8) is 0 Å². The van der Waals surface area contributed by atoms with Gasteiger partial charge in [0, 0.05) is 10.9 Å². The fraction of sp³-hybridized carbons (Fsp3) is 0.417. The number of ether oxygens (including phenoxy) is 1. The van der Waals surface area contributed by atoms with Gasteiger partial charge in [0.25, 0.3) is 0 Å². The van der Waals surface area contributed by atoms with Crippen LogP contribution in [0.25, 0.3) is 0 Å². The first kappa shape index (κ1) is 16.0. The highest BCUT2D eigenvalue weighted by molar-refractivity contribution is 9.08. The molecular weight excluding hydrogens is 294 g/mol. The van der Waals surface area contributed by atoms with Gasteiger partial charge in [-0.15, -0.1) is 0 Å². The van der Waals surface area contributed by atoms with E-state index in [4.69, 9.17) is 0 Å². The first-order chi connectivity index (χ1) is 8.02. The SMILES string of the molecule is CC.COC(=O)c1c(CBr)cc(F)c(F)c1C. The van der Waals surface area contributed by atoms with E-state index in [0.717, 1.165) is 6.07 Å². The molecule has 0 radical (unpaired) electrons. The van der Waals surface area contributed by atoms with Gasteiger partial charge in [0.15, 0.2) is 11.6 Å². The number of esters is 1. The number of rotatable bonds is 2. The van der Waals surface area contributed by atoms with Crippen LogP contribution in [0.15, 0.2) is 6.07 Å².